The molecule has 4 aliphatic carbocycles. The molecule has 0 spiro atoms. The smallest absolute Gasteiger partial charge is 0.0847 e. The minimum atomic E-state index is -0.346. The van der Waals surface area contributed by atoms with E-state index in [9.17, 15) is 0 Å². The maximum Gasteiger partial charge on any atom is 0.0847 e. The van der Waals surface area contributed by atoms with Crippen LogP contribution in [0, 0.1) is 24.7 Å². The zero-order valence-corrected chi connectivity index (χ0v) is 13.0. The van der Waals surface area contributed by atoms with Gasteiger partial charge in [-0.05, 0) is 82.6 Å². The summed E-state index contributed by atoms with van der Waals surface area (Å²) < 4.78 is 0. The van der Waals surface area contributed by atoms with Crippen LogP contribution in [0.5, 0.6) is 0 Å². The molecule has 0 aromatic carbocycles. The third kappa shape index (κ3) is 1.71. The molecule has 20 heavy (non-hydrogen) atoms. The predicted molar refractivity (Wildman–Crippen MR) is 80.4 cm³/mol. The molecule has 4 saturated carbocycles. The van der Waals surface area contributed by atoms with Gasteiger partial charge in [0.2, 0.25) is 0 Å². The van der Waals surface area contributed by atoms with Crippen molar-refractivity contribution in [2.45, 2.75) is 70.3 Å². The van der Waals surface area contributed by atoms with E-state index < -0.39 is 0 Å². The van der Waals surface area contributed by atoms with Crippen LogP contribution in [0.3, 0.4) is 0 Å². The average molecular weight is 273 g/mol. The summed E-state index contributed by atoms with van der Waals surface area (Å²) in [5.74, 6) is 2.91. The molecule has 1 heterocycles. The Morgan fingerprint density at radius 2 is 1.60 bits per heavy atom. The van der Waals surface area contributed by atoms with E-state index in [2.05, 4.69) is 31.0 Å². The topological polar surface area (TPSA) is 54.7 Å². The van der Waals surface area contributed by atoms with E-state index in [1.165, 1.54) is 49.8 Å². The second-order valence-corrected chi connectivity index (χ2v) is 8.49. The maximum atomic E-state index is 6.28. The number of aromatic amines is 1. The summed E-state index contributed by atoms with van der Waals surface area (Å²) in [7, 11) is 0. The fourth-order valence-electron chi connectivity index (χ4n) is 5.96. The van der Waals surface area contributed by atoms with Gasteiger partial charge in [0.05, 0.1) is 11.2 Å². The van der Waals surface area contributed by atoms with Gasteiger partial charge in [-0.25, -0.2) is 0 Å². The molecule has 3 N–H and O–H groups in total. The van der Waals surface area contributed by atoms with Crippen molar-refractivity contribution in [1.29, 1.82) is 0 Å². The first-order chi connectivity index (χ1) is 9.37. The molecule has 1 aromatic rings. The summed E-state index contributed by atoms with van der Waals surface area (Å²) in [6.45, 7) is 6.33. The predicted octanol–water partition coefficient (Wildman–Crippen LogP) is 3.38. The van der Waals surface area contributed by atoms with E-state index in [1.807, 2.05) is 0 Å². The van der Waals surface area contributed by atoms with E-state index in [0.29, 0.717) is 5.41 Å². The lowest BCUT2D eigenvalue weighted by Gasteiger charge is -2.56. The monoisotopic (exact) mass is 273 g/mol. The quantitative estimate of drug-likeness (QED) is 0.868. The van der Waals surface area contributed by atoms with E-state index >= 15 is 0 Å². The second-order valence-electron chi connectivity index (χ2n) is 8.49. The van der Waals surface area contributed by atoms with Gasteiger partial charge in [0.25, 0.3) is 0 Å². The molecule has 110 valence electrons. The largest absolute Gasteiger partial charge is 0.321 e. The van der Waals surface area contributed by atoms with Crippen LogP contribution in [0.15, 0.2) is 0 Å². The van der Waals surface area contributed by atoms with E-state index in [0.717, 1.165) is 23.4 Å². The number of nitrogens with one attached hydrogen (secondary N) is 1. The molecule has 3 nitrogen and oxygen atoms in total. The number of rotatable bonds is 2. The fourth-order valence-corrected chi connectivity index (χ4v) is 5.96. The van der Waals surface area contributed by atoms with Gasteiger partial charge in [-0.1, -0.05) is 0 Å². The van der Waals surface area contributed by atoms with Crippen molar-refractivity contribution in [3.05, 3.63) is 17.0 Å². The molecule has 1 aromatic heterocycles. The first-order valence-corrected chi connectivity index (χ1v) is 8.22. The highest BCUT2D eigenvalue weighted by Crippen LogP contribution is 2.60. The molecule has 0 saturated heterocycles. The zero-order chi connectivity index (χ0) is 14.1. The van der Waals surface area contributed by atoms with E-state index in [4.69, 9.17) is 5.73 Å². The number of hydrogen-bond acceptors (Lipinski definition) is 2. The third-order valence-corrected chi connectivity index (χ3v) is 6.19. The van der Waals surface area contributed by atoms with Gasteiger partial charge < -0.3 is 5.73 Å². The van der Waals surface area contributed by atoms with Crippen LogP contribution in [-0.4, -0.2) is 10.2 Å². The zero-order valence-electron chi connectivity index (χ0n) is 13.0. The number of H-pyrrole nitrogens is 1. The summed E-state index contributed by atoms with van der Waals surface area (Å²) in [5.41, 5.74) is 10.1. The van der Waals surface area contributed by atoms with E-state index in [-0.39, 0.29) is 5.54 Å². The minimum absolute atomic E-state index is 0.346. The van der Waals surface area contributed by atoms with Crippen molar-refractivity contribution < 1.29 is 0 Å². The van der Waals surface area contributed by atoms with Gasteiger partial charge in [0.15, 0.2) is 0 Å². The van der Waals surface area contributed by atoms with Crippen molar-refractivity contribution in [3.8, 4) is 0 Å². The third-order valence-electron chi connectivity index (χ3n) is 6.19. The molecule has 4 fully saturated rings. The van der Waals surface area contributed by atoms with Crippen LogP contribution in [0.4, 0.5) is 0 Å². The molecule has 3 heteroatoms. The van der Waals surface area contributed by atoms with Gasteiger partial charge >= 0.3 is 0 Å². The number of nitrogens with two attached hydrogens (primary N) is 1. The van der Waals surface area contributed by atoms with Crippen molar-refractivity contribution in [2.24, 2.45) is 23.5 Å². The summed E-state index contributed by atoms with van der Waals surface area (Å²) in [5, 5.41) is 8.00. The number of aromatic nitrogens is 2. The SMILES string of the molecule is Cc1c(C(C)(C)N)n[nH]c1C12CC3CC(CC(C3)C1)C2. The highest BCUT2D eigenvalue weighted by atomic mass is 15.1. The first kappa shape index (κ1) is 12.9. The van der Waals surface area contributed by atoms with E-state index in [1.54, 1.807) is 0 Å². The molecule has 0 amide bonds. The summed E-state index contributed by atoms with van der Waals surface area (Å²) in [4.78, 5) is 0. The number of hydrogen-bond donors (Lipinski definition) is 2. The summed E-state index contributed by atoms with van der Waals surface area (Å²) in [6.07, 6.45) is 8.61. The van der Waals surface area contributed by atoms with Crippen LogP contribution in [0.1, 0.15) is 69.3 Å². The molecule has 4 bridgehead atoms. The lowest BCUT2D eigenvalue weighted by Crippen LogP contribution is -2.49. The highest BCUT2D eigenvalue weighted by Gasteiger charge is 2.53. The molecule has 0 aliphatic heterocycles. The van der Waals surface area contributed by atoms with Gasteiger partial charge in [-0.15, -0.1) is 0 Å². The average Bonchev–Trinajstić information content (AvgIpc) is 2.69. The Bertz CT molecular complexity index is 500. The van der Waals surface area contributed by atoms with Crippen LogP contribution in [-0.2, 0) is 11.0 Å². The summed E-state index contributed by atoms with van der Waals surface area (Å²) in [6, 6.07) is 0. The van der Waals surface area contributed by atoms with Crippen molar-refractivity contribution in [2.75, 3.05) is 0 Å². The van der Waals surface area contributed by atoms with Gasteiger partial charge in [-0.2, -0.15) is 5.10 Å². The Morgan fingerprint density at radius 3 is 2.00 bits per heavy atom. The molecule has 0 unspecified atom stereocenters. The van der Waals surface area contributed by atoms with Gasteiger partial charge in [-0.3, -0.25) is 5.10 Å². The van der Waals surface area contributed by atoms with Crippen LogP contribution in [0.2, 0.25) is 0 Å². The van der Waals surface area contributed by atoms with Crippen molar-refractivity contribution >= 4 is 0 Å². The van der Waals surface area contributed by atoms with Gasteiger partial charge in [0.1, 0.15) is 0 Å². The maximum absolute atomic E-state index is 6.28. The van der Waals surface area contributed by atoms with Crippen molar-refractivity contribution in [3.63, 3.8) is 0 Å². The van der Waals surface area contributed by atoms with Crippen LogP contribution >= 0.6 is 0 Å². The highest BCUT2D eigenvalue weighted by molar-refractivity contribution is 5.35. The standard InChI is InChI=1S/C17H27N3/c1-10-14(16(2,3)18)19-20-15(10)17-7-11-4-12(8-17)6-13(5-11)9-17/h11-13H,4-9,18H2,1-3H3,(H,19,20). The van der Waals surface area contributed by atoms with Gasteiger partial charge in [0, 0.05) is 11.1 Å². The van der Waals surface area contributed by atoms with Crippen molar-refractivity contribution in [1.82, 2.24) is 10.2 Å². The molecule has 0 atom stereocenters. The molecular weight excluding hydrogens is 246 g/mol. The Labute approximate surface area is 121 Å². The Morgan fingerprint density at radius 1 is 1.10 bits per heavy atom. The minimum Gasteiger partial charge on any atom is -0.321 e. The normalized spacial score (nSPS) is 39.5. The Hall–Kier alpha value is -0.830. The molecular formula is C17H27N3. The first-order valence-electron chi connectivity index (χ1n) is 8.22. The van der Waals surface area contributed by atoms with Crippen LogP contribution in [0.25, 0.3) is 0 Å². The number of nitrogens with zero attached hydrogens (tertiary/aromatic N) is 1. The lowest BCUT2D eigenvalue weighted by atomic mass is 9.48. The molecule has 4 aliphatic rings. The Balaban J connectivity index is 1.76. The lowest BCUT2D eigenvalue weighted by molar-refractivity contribution is -0.00750. The Kier molecular flexibility index (Phi) is 2.50. The molecule has 0 radical (unpaired) electrons. The van der Waals surface area contributed by atoms with Crippen LogP contribution < -0.4 is 5.73 Å². The molecule has 5 rings (SSSR count). The summed E-state index contributed by atoms with van der Waals surface area (Å²) >= 11 is 0. The second kappa shape index (κ2) is 3.88. The fraction of sp³-hybridized carbons (Fsp3) is 0.824.